The van der Waals surface area contributed by atoms with Crippen molar-refractivity contribution in [1.29, 1.82) is 0 Å². The molecule has 3 aromatic carbocycles. The van der Waals surface area contributed by atoms with Crippen molar-refractivity contribution in [3.8, 4) is 11.3 Å². The number of carbonyl (C=O) groups excluding carboxylic acids is 2. The molecule has 0 unspecified atom stereocenters. The van der Waals surface area contributed by atoms with E-state index in [1.165, 1.54) is 0 Å². The Balaban J connectivity index is 1.72. The number of benzene rings is 3. The molecule has 0 aliphatic carbocycles. The highest BCUT2D eigenvalue weighted by molar-refractivity contribution is 6.30. The van der Waals surface area contributed by atoms with E-state index >= 15 is 0 Å². The zero-order chi connectivity index (χ0) is 26.0. The molecule has 0 bridgehead atoms. The molecule has 0 saturated carbocycles. The number of anilines is 1. The monoisotopic (exact) mass is 500 g/mol. The molecule has 1 N–H and O–H groups in total. The molecule has 0 fully saturated rings. The number of hydrogen-bond donors (Lipinski definition) is 1. The smallest absolute Gasteiger partial charge is 0.338 e. The number of hydrogen-bond acceptors (Lipinski definition) is 4. The summed E-state index contributed by atoms with van der Waals surface area (Å²) in [4.78, 5) is 30.8. The molecular weight excluding hydrogens is 472 g/mol. The maximum Gasteiger partial charge on any atom is 0.338 e. The average molecular weight is 501 g/mol. The van der Waals surface area contributed by atoms with Gasteiger partial charge < -0.3 is 10.1 Å². The van der Waals surface area contributed by atoms with E-state index in [0.29, 0.717) is 28.4 Å². The van der Waals surface area contributed by atoms with E-state index in [0.717, 1.165) is 38.9 Å². The highest BCUT2D eigenvalue weighted by Gasteiger charge is 2.21. The van der Waals surface area contributed by atoms with E-state index in [9.17, 15) is 9.59 Å². The summed E-state index contributed by atoms with van der Waals surface area (Å²) in [5, 5.41) is 4.43. The number of esters is 1. The zero-order valence-corrected chi connectivity index (χ0v) is 21.9. The lowest BCUT2D eigenvalue weighted by Gasteiger charge is -2.17. The van der Waals surface area contributed by atoms with Crippen molar-refractivity contribution in [3.63, 3.8) is 0 Å². The molecule has 1 heterocycles. The van der Waals surface area contributed by atoms with Crippen LogP contribution in [0.4, 0.5) is 5.69 Å². The van der Waals surface area contributed by atoms with Gasteiger partial charge in [-0.1, -0.05) is 49.2 Å². The van der Waals surface area contributed by atoms with Crippen LogP contribution in [0.15, 0.2) is 60.7 Å². The van der Waals surface area contributed by atoms with Gasteiger partial charge in [-0.2, -0.15) is 0 Å². The van der Waals surface area contributed by atoms with E-state index in [1.807, 2.05) is 65.0 Å². The molecule has 184 valence electrons. The van der Waals surface area contributed by atoms with Crippen LogP contribution in [0.2, 0.25) is 5.02 Å². The average Bonchev–Trinajstić information content (AvgIpc) is 2.83. The van der Waals surface area contributed by atoms with Crippen LogP contribution >= 0.6 is 11.6 Å². The standard InChI is InChI=1S/C30H29ClN2O3/c1-17(2)16-36-30(35)22-8-12-24(13-9-22)32-29(34)26-20(5)28(21-6-10-23(31)11-7-21)33-27-19(4)14-18(3)15-25(26)27/h6-15,17H,16H2,1-5H3,(H,32,34). The van der Waals surface area contributed by atoms with Gasteiger partial charge in [-0.15, -0.1) is 0 Å². The van der Waals surface area contributed by atoms with Crippen LogP contribution in [0, 0.1) is 26.7 Å². The van der Waals surface area contributed by atoms with E-state index in [1.54, 1.807) is 24.3 Å². The van der Waals surface area contributed by atoms with Crippen LogP contribution in [-0.4, -0.2) is 23.5 Å². The minimum atomic E-state index is -0.379. The maximum absolute atomic E-state index is 13.7. The lowest BCUT2D eigenvalue weighted by Crippen LogP contribution is -2.16. The van der Waals surface area contributed by atoms with Crippen molar-refractivity contribution < 1.29 is 14.3 Å². The summed E-state index contributed by atoms with van der Waals surface area (Å²) in [5.41, 5.74) is 6.83. The van der Waals surface area contributed by atoms with Crippen LogP contribution in [0.3, 0.4) is 0 Å². The van der Waals surface area contributed by atoms with Gasteiger partial charge in [0, 0.05) is 21.7 Å². The normalized spacial score (nSPS) is 11.1. The van der Waals surface area contributed by atoms with Crippen molar-refractivity contribution in [2.75, 3.05) is 11.9 Å². The Hall–Kier alpha value is -3.70. The van der Waals surface area contributed by atoms with Gasteiger partial charge in [-0.05, 0) is 80.3 Å². The Morgan fingerprint density at radius 2 is 1.64 bits per heavy atom. The van der Waals surface area contributed by atoms with Crippen molar-refractivity contribution in [2.45, 2.75) is 34.6 Å². The quantitative estimate of drug-likeness (QED) is 0.277. The Morgan fingerprint density at radius 3 is 2.28 bits per heavy atom. The van der Waals surface area contributed by atoms with Crippen LogP contribution < -0.4 is 5.32 Å². The molecule has 0 aliphatic rings. The minimum absolute atomic E-state index is 0.241. The highest BCUT2D eigenvalue weighted by atomic mass is 35.5. The lowest BCUT2D eigenvalue weighted by molar-refractivity contribution is 0.0459. The summed E-state index contributed by atoms with van der Waals surface area (Å²) in [5.74, 6) is -0.359. The van der Waals surface area contributed by atoms with Gasteiger partial charge in [0.2, 0.25) is 0 Å². The number of fused-ring (bicyclic) bond motifs is 1. The van der Waals surface area contributed by atoms with Gasteiger partial charge in [0.1, 0.15) is 0 Å². The molecule has 0 atom stereocenters. The second kappa shape index (κ2) is 10.5. The Bertz CT molecular complexity index is 1440. The van der Waals surface area contributed by atoms with Gasteiger partial charge in [-0.25, -0.2) is 9.78 Å². The first-order valence-electron chi connectivity index (χ1n) is 11.9. The number of ether oxygens (including phenoxy) is 1. The predicted octanol–water partition coefficient (Wildman–Crippen LogP) is 7.55. The third-order valence-electron chi connectivity index (χ3n) is 5.94. The molecule has 0 aliphatic heterocycles. The van der Waals surface area contributed by atoms with Crippen molar-refractivity contribution >= 4 is 40.1 Å². The topological polar surface area (TPSA) is 68.3 Å². The molecule has 5 nitrogen and oxygen atoms in total. The fourth-order valence-electron chi connectivity index (χ4n) is 4.21. The SMILES string of the molecule is Cc1cc(C)c2nc(-c3ccc(Cl)cc3)c(C)c(C(=O)Nc3ccc(C(=O)OCC(C)C)cc3)c2c1. The summed E-state index contributed by atoms with van der Waals surface area (Å²) in [6.45, 7) is 10.3. The molecule has 36 heavy (non-hydrogen) atoms. The summed E-state index contributed by atoms with van der Waals surface area (Å²) >= 11 is 6.10. The molecule has 1 amide bonds. The van der Waals surface area contributed by atoms with Gasteiger partial charge in [0.25, 0.3) is 5.91 Å². The molecule has 6 heteroatoms. The second-order valence-corrected chi connectivity index (χ2v) is 9.91. The molecular formula is C30H29ClN2O3. The van der Waals surface area contributed by atoms with Crippen molar-refractivity contribution in [3.05, 3.63) is 93.5 Å². The van der Waals surface area contributed by atoms with Crippen LogP contribution in [0.25, 0.3) is 22.2 Å². The number of nitrogens with one attached hydrogen (secondary N) is 1. The zero-order valence-electron chi connectivity index (χ0n) is 21.1. The fourth-order valence-corrected chi connectivity index (χ4v) is 4.33. The summed E-state index contributed by atoms with van der Waals surface area (Å²) in [7, 11) is 0. The largest absolute Gasteiger partial charge is 0.462 e. The Kier molecular flexibility index (Phi) is 7.41. The molecule has 4 rings (SSSR count). The second-order valence-electron chi connectivity index (χ2n) is 9.47. The third kappa shape index (κ3) is 5.42. The molecule has 1 aromatic heterocycles. The van der Waals surface area contributed by atoms with Crippen LogP contribution in [0.5, 0.6) is 0 Å². The van der Waals surface area contributed by atoms with Gasteiger partial charge in [-0.3, -0.25) is 4.79 Å². The van der Waals surface area contributed by atoms with E-state index in [-0.39, 0.29) is 17.8 Å². The first-order chi connectivity index (χ1) is 17.1. The summed E-state index contributed by atoms with van der Waals surface area (Å²) in [6, 6.07) is 18.2. The third-order valence-corrected chi connectivity index (χ3v) is 6.19. The number of rotatable bonds is 6. The number of pyridine rings is 1. The number of amides is 1. The number of carbonyl (C=O) groups is 2. The Morgan fingerprint density at radius 1 is 0.972 bits per heavy atom. The van der Waals surface area contributed by atoms with Gasteiger partial charge in [0.15, 0.2) is 0 Å². The van der Waals surface area contributed by atoms with Gasteiger partial charge >= 0.3 is 5.97 Å². The fraction of sp³-hybridized carbons (Fsp3) is 0.233. The van der Waals surface area contributed by atoms with Crippen LogP contribution in [0.1, 0.15) is 51.3 Å². The van der Waals surface area contributed by atoms with E-state index in [4.69, 9.17) is 21.3 Å². The van der Waals surface area contributed by atoms with Gasteiger partial charge in [0.05, 0.1) is 28.9 Å². The summed E-state index contributed by atoms with van der Waals surface area (Å²) < 4.78 is 5.29. The molecule has 0 radical (unpaired) electrons. The predicted molar refractivity (Wildman–Crippen MR) is 146 cm³/mol. The number of halogens is 1. The molecule has 0 spiro atoms. The number of aryl methyl sites for hydroxylation is 2. The first kappa shape index (κ1) is 25.4. The van der Waals surface area contributed by atoms with E-state index < -0.39 is 0 Å². The van der Waals surface area contributed by atoms with Crippen LogP contribution in [-0.2, 0) is 4.74 Å². The minimum Gasteiger partial charge on any atom is -0.462 e. The number of nitrogens with zero attached hydrogens (tertiary/aromatic N) is 1. The molecule has 4 aromatic rings. The van der Waals surface area contributed by atoms with E-state index in [2.05, 4.69) is 11.4 Å². The maximum atomic E-state index is 13.7. The summed E-state index contributed by atoms with van der Waals surface area (Å²) in [6.07, 6.45) is 0. The number of aromatic nitrogens is 1. The lowest BCUT2D eigenvalue weighted by atomic mass is 9.94. The first-order valence-corrected chi connectivity index (χ1v) is 12.3. The Labute approximate surface area is 216 Å². The highest BCUT2D eigenvalue weighted by Crippen LogP contribution is 2.33. The molecule has 0 saturated heterocycles. The van der Waals surface area contributed by atoms with Crippen molar-refractivity contribution in [1.82, 2.24) is 4.98 Å². The van der Waals surface area contributed by atoms with Crippen molar-refractivity contribution in [2.24, 2.45) is 5.92 Å².